The number of rotatable bonds is 3. The molecule has 4 heteroatoms. The van der Waals surface area contributed by atoms with Crippen molar-refractivity contribution < 1.29 is 9.53 Å². The molecule has 1 aromatic carbocycles. The van der Waals surface area contributed by atoms with Gasteiger partial charge in [-0.15, -0.1) is 0 Å². The molecule has 1 amide bonds. The SMILES string of the molecule is O=C(OCc1ccccc1)N1CCCC2(CC2CS)C1. The van der Waals surface area contributed by atoms with Crippen LogP contribution in [-0.2, 0) is 11.3 Å². The highest BCUT2D eigenvalue weighted by molar-refractivity contribution is 7.80. The average molecular weight is 291 g/mol. The second kappa shape index (κ2) is 5.68. The van der Waals surface area contributed by atoms with Gasteiger partial charge in [-0.1, -0.05) is 30.3 Å². The molecule has 2 atom stereocenters. The summed E-state index contributed by atoms with van der Waals surface area (Å²) in [5.74, 6) is 1.63. The van der Waals surface area contributed by atoms with Crippen molar-refractivity contribution in [1.82, 2.24) is 4.90 Å². The molecule has 3 nitrogen and oxygen atoms in total. The molecular weight excluding hydrogens is 270 g/mol. The number of hydrogen-bond donors (Lipinski definition) is 1. The molecule has 108 valence electrons. The lowest BCUT2D eigenvalue weighted by atomic mass is 9.93. The predicted molar refractivity (Wildman–Crippen MR) is 81.8 cm³/mol. The van der Waals surface area contributed by atoms with E-state index in [0.717, 1.165) is 30.8 Å². The maximum atomic E-state index is 12.2. The van der Waals surface area contributed by atoms with E-state index in [1.54, 1.807) is 0 Å². The van der Waals surface area contributed by atoms with Crippen LogP contribution in [0.5, 0.6) is 0 Å². The van der Waals surface area contributed by atoms with Gasteiger partial charge < -0.3 is 9.64 Å². The summed E-state index contributed by atoms with van der Waals surface area (Å²) in [6, 6.07) is 9.83. The Hall–Kier alpha value is -1.16. The van der Waals surface area contributed by atoms with Gasteiger partial charge in [0.05, 0.1) is 0 Å². The summed E-state index contributed by atoms with van der Waals surface area (Å²) in [6.45, 7) is 2.04. The van der Waals surface area contributed by atoms with Crippen molar-refractivity contribution in [2.75, 3.05) is 18.8 Å². The third-order valence-electron chi connectivity index (χ3n) is 4.65. The topological polar surface area (TPSA) is 29.5 Å². The third-order valence-corrected chi connectivity index (χ3v) is 5.09. The third kappa shape index (κ3) is 2.80. The van der Waals surface area contributed by atoms with Gasteiger partial charge in [-0.2, -0.15) is 12.6 Å². The van der Waals surface area contributed by atoms with Gasteiger partial charge >= 0.3 is 6.09 Å². The molecule has 20 heavy (non-hydrogen) atoms. The van der Waals surface area contributed by atoms with Crippen LogP contribution in [0.2, 0.25) is 0 Å². The molecule has 3 rings (SSSR count). The Kier molecular flexibility index (Phi) is 3.92. The maximum absolute atomic E-state index is 12.2. The number of carbonyl (C=O) groups is 1. The largest absolute Gasteiger partial charge is 0.445 e. The summed E-state index contributed by atoms with van der Waals surface area (Å²) in [5.41, 5.74) is 1.39. The molecule has 2 aliphatic rings. The second-order valence-electron chi connectivity index (χ2n) is 6.01. The number of amides is 1. The standard InChI is InChI=1S/C16H21NO2S/c18-15(19-10-13-5-2-1-3-6-13)17-8-4-7-16(12-17)9-14(16)11-20/h1-3,5-6,14,20H,4,7-12H2. The molecule has 1 aliphatic carbocycles. The number of hydrogen-bond acceptors (Lipinski definition) is 3. The van der Waals surface area contributed by atoms with Crippen molar-refractivity contribution in [1.29, 1.82) is 0 Å². The summed E-state index contributed by atoms with van der Waals surface area (Å²) in [4.78, 5) is 14.1. The van der Waals surface area contributed by atoms with Gasteiger partial charge in [0, 0.05) is 13.1 Å². The van der Waals surface area contributed by atoms with Gasteiger partial charge in [0.25, 0.3) is 0 Å². The Morgan fingerprint density at radius 1 is 1.40 bits per heavy atom. The second-order valence-corrected chi connectivity index (χ2v) is 6.38. The average Bonchev–Trinajstić information content (AvgIpc) is 3.18. The first-order valence-corrected chi connectivity index (χ1v) is 7.93. The van der Waals surface area contributed by atoms with Crippen LogP contribution in [0.1, 0.15) is 24.8 Å². The van der Waals surface area contributed by atoms with Crippen molar-refractivity contribution >= 4 is 18.7 Å². The van der Waals surface area contributed by atoms with E-state index in [0.29, 0.717) is 17.9 Å². The minimum atomic E-state index is -0.169. The van der Waals surface area contributed by atoms with Crippen LogP contribution >= 0.6 is 12.6 Å². The zero-order valence-electron chi connectivity index (χ0n) is 11.6. The zero-order chi connectivity index (χ0) is 14.0. The van der Waals surface area contributed by atoms with Crippen LogP contribution in [0.25, 0.3) is 0 Å². The fraction of sp³-hybridized carbons (Fsp3) is 0.562. The van der Waals surface area contributed by atoms with Crippen LogP contribution in [-0.4, -0.2) is 29.8 Å². The Morgan fingerprint density at radius 2 is 2.20 bits per heavy atom. The Morgan fingerprint density at radius 3 is 2.90 bits per heavy atom. The molecule has 1 spiro atoms. The number of ether oxygens (including phenoxy) is 1. The summed E-state index contributed by atoms with van der Waals surface area (Å²) >= 11 is 4.40. The van der Waals surface area contributed by atoms with E-state index >= 15 is 0 Å². The summed E-state index contributed by atoms with van der Waals surface area (Å²) in [6.07, 6.45) is 3.38. The van der Waals surface area contributed by atoms with E-state index in [-0.39, 0.29) is 6.09 Å². The first-order valence-electron chi connectivity index (χ1n) is 7.30. The van der Waals surface area contributed by atoms with Gasteiger partial charge in [0.15, 0.2) is 0 Å². The van der Waals surface area contributed by atoms with Crippen LogP contribution < -0.4 is 0 Å². The summed E-state index contributed by atoms with van der Waals surface area (Å²) in [5, 5.41) is 0. The fourth-order valence-corrected chi connectivity index (χ4v) is 3.83. The van der Waals surface area contributed by atoms with Gasteiger partial charge in [-0.05, 0) is 41.9 Å². The highest BCUT2D eigenvalue weighted by Crippen LogP contribution is 2.58. The molecule has 0 N–H and O–H groups in total. The number of piperidine rings is 1. The van der Waals surface area contributed by atoms with E-state index in [9.17, 15) is 4.79 Å². The minimum Gasteiger partial charge on any atom is -0.445 e. The quantitative estimate of drug-likeness (QED) is 0.865. The van der Waals surface area contributed by atoms with E-state index in [4.69, 9.17) is 4.74 Å². The molecule has 1 aromatic rings. The van der Waals surface area contributed by atoms with Crippen molar-refractivity contribution in [3.05, 3.63) is 35.9 Å². The van der Waals surface area contributed by atoms with Crippen molar-refractivity contribution in [3.8, 4) is 0 Å². The Labute approximate surface area is 125 Å². The normalized spacial score (nSPS) is 28.4. The highest BCUT2D eigenvalue weighted by Gasteiger charge is 2.55. The molecule has 0 bridgehead atoms. The van der Waals surface area contributed by atoms with Crippen LogP contribution in [0, 0.1) is 11.3 Å². The number of carbonyl (C=O) groups excluding carboxylic acids is 1. The molecule has 1 heterocycles. The first-order chi connectivity index (χ1) is 9.73. The number of likely N-dealkylation sites (tertiary alicyclic amines) is 1. The Balaban J connectivity index is 1.52. The molecular formula is C16H21NO2S. The van der Waals surface area contributed by atoms with Crippen LogP contribution in [0.15, 0.2) is 30.3 Å². The summed E-state index contributed by atoms with van der Waals surface area (Å²) in [7, 11) is 0. The van der Waals surface area contributed by atoms with Gasteiger partial charge in [-0.25, -0.2) is 4.79 Å². The first kappa shape index (κ1) is 13.8. The molecule has 1 saturated heterocycles. The fourth-order valence-electron chi connectivity index (χ4n) is 3.32. The number of nitrogens with zero attached hydrogens (tertiary/aromatic N) is 1. The zero-order valence-corrected chi connectivity index (χ0v) is 12.5. The summed E-state index contributed by atoms with van der Waals surface area (Å²) < 4.78 is 5.43. The van der Waals surface area contributed by atoms with Gasteiger partial charge in [-0.3, -0.25) is 0 Å². The molecule has 0 aromatic heterocycles. The highest BCUT2D eigenvalue weighted by atomic mass is 32.1. The smallest absolute Gasteiger partial charge is 0.410 e. The molecule has 1 aliphatic heterocycles. The van der Waals surface area contributed by atoms with Gasteiger partial charge in [0.2, 0.25) is 0 Å². The number of thiol groups is 1. The molecule has 2 unspecified atom stereocenters. The molecule has 1 saturated carbocycles. The minimum absolute atomic E-state index is 0.169. The monoisotopic (exact) mass is 291 g/mol. The van der Waals surface area contributed by atoms with Gasteiger partial charge in [0.1, 0.15) is 6.61 Å². The van der Waals surface area contributed by atoms with Crippen molar-refractivity contribution in [3.63, 3.8) is 0 Å². The maximum Gasteiger partial charge on any atom is 0.410 e. The lowest BCUT2D eigenvalue weighted by Crippen LogP contribution is -2.41. The van der Waals surface area contributed by atoms with Crippen LogP contribution in [0.4, 0.5) is 4.79 Å². The molecule has 0 radical (unpaired) electrons. The Bertz CT molecular complexity index is 479. The molecule has 2 fully saturated rings. The van der Waals surface area contributed by atoms with E-state index in [1.807, 2.05) is 35.2 Å². The lowest BCUT2D eigenvalue weighted by Gasteiger charge is -2.33. The van der Waals surface area contributed by atoms with E-state index in [2.05, 4.69) is 12.6 Å². The van der Waals surface area contributed by atoms with E-state index in [1.165, 1.54) is 12.8 Å². The predicted octanol–water partition coefficient (Wildman–Crippen LogP) is 3.36. The van der Waals surface area contributed by atoms with Crippen molar-refractivity contribution in [2.24, 2.45) is 11.3 Å². The lowest BCUT2D eigenvalue weighted by molar-refractivity contribution is 0.0734. The van der Waals surface area contributed by atoms with Crippen LogP contribution in [0.3, 0.4) is 0 Å². The number of benzene rings is 1. The van der Waals surface area contributed by atoms with E-state index < -0.39 is 0 Å². The van der Waals surface area contributed by atoms with Crippen molar-refractivity contribution in [2.45, 2.75) is 25.9 Å².